The van der Waals surface area contributed by atoms with Crippen molar-refractivity contribution < 1.29 is 9.53 Å². The summed E-state index contributed by atoms with van der Waals surface area (Å²) in [6.45, 7) is 10.6. The van der Waals surface area contributed by atoms with E-state index in [0.717, 1.165) is 11.3 Å². The molecule has 1 rings (SSSR count). The van der Waals surface area contributed by atoms with Crippen molar-refractivity contribution in [3.8, 4) is 0 Å². The molecule has 0 spiro atoms. The molecule has 0 aliphatic carbocycles. The Morgan fingerprint density at radius 3 is 2.27 bits per heavy atom. The first-order chi connectivity index (χ1) is 6.75. The lowest BCUT2D eigenvalue weighted by atomic mass is 9.82. The summed E-state index contributed by atoms with van der Waals surface area (Å²) in [5.41, 5.74) is 0.650. The van der Waals surface area contributed by atoms with Crippen molar-refractivity contribution >= 4 is 5.91 Å². The van der Waals surface area contributed by atoms with Gasteiger partial charge in [0.15, 0.2) is 6.73 Å². The predicted molar refractivity (Wildman–Crippen MR) is 60.0 cm³/mol. The monoisotopic (exact) mass is 211 g/mol. The lowest BCUT2D eigenvalue weighted by Gasteiger charge is -2.35. The number of carbonyl (C=O) groups excluding carboxylic acids is 1. The van der Waals surface area contributed by atoms with Gasteiger partial charge in [-0.3, -0.25) is 4.79 Å². The maximum Gasteiger partial charge on any atom is 0.256 e. The molecule has 0 aromatic heterocycles. The van der Waals surface area contributed by atoms with Gasteiger partial charge >= 0.3 is 0 Å². The smallest absolute Gasteiger partial charge is 0.256 e. The molecule has 0 fully saturated rings. The number of allylic oxidation sites excluding steroid dienone is 1. The molecule has 0 radical (unpaired) electrons. The summed E-state index contributed by atoms with van der Waals surface area (Å²) < 4.78 is 5.65. The van der Waals surface area contributed by atoms with Crippen LogP contribution in [0.2, 0.25) is 0 Å². The highest BCUT2D eigenvalue weighted by Gasteiger charge is 2.35. The first kappa shape index (κ1) is 12.1. The molecule has 3 heteroatoms. The van der Waals surface area contributed by atoms with Crippen LogP contribution in [-0.4, -0.2) is 24.6 Å². The van der Waals surface area contributed by atoms with Crippen molar-refractivity contribution in [3.63, 3.8) is 0 Å². The second-order valence-electron chi connectivity index (χ2n) is 5.42. The van der Waals surface area contributed by atoms with Crippen LogP contribution in [-0.2, 0) is 9.53 Å². The zero-order valence-electron chi connectivity index (χ0n) is 10.5. The molecule has 0 saturated carbocycles. The minimum atomic E-state index is -0.161. The van der Waals surface area contributed by atoms with Gasteiger partial charge in [-0.05, 0) is 5.41 Å². The molecule has 1 amide bonds. The van der Waals surface area contributed by atoms with Gasteiger partial charge < -0.3 is 9.64 Å². The molecule has 0 unspecified atom stereocenters. The summed E-state index contributed by atoms with van der Waals surface area (Å²) in [6.07, 6.45) is 0. The van der Waals surface area contributed by atoms with Crippen LogP contribution in [0.5, 0.6) is 0 Å². The first-order valence-electron chi connectivity index (χ1n) is 5.38. The van der Waals surface area contributed by atoms with E-state index in [9.17, 15) is 4.79 Å². The van der Waals surface area contributed by atoms with Crippen molar-refractivity contribution in [3.05, 3.63) is 11.3 Å². The molecule has 0 saturated heterocycles. The van der Waals surface area contributed by atoms with Gasteiger partial charge in [0.25, 0.3) is 5.91 Å². The normalized spacial score (nSPS) is 18.6. The van der Waals surface area contributed by atoms with Crippen LogP contribution in [0.4, 0.5) is 0 Å². The fourth-order valence-corrected chi connectivity index (χ4v) is 1.74. The highest BCUT2D eigenvalue weighted by atomic mass is 16.5. The molecule has 1 aliphatic rings. The lowest BCUT2D eigenvalue weighted by Crippen LogP contribution is -2.40. The molecule has 15 heavy (non-hydrogen) atoms. The summed E-state index contributed by atoms with van der Waals surface area (Å²) in [5.74, 6) is 1.21. The van der Waals surface area contributed by atoms with Gasteiger partial charge in [-0.1, -0.05) is 34.6 Å². The van der Waals surface area contributed by atoms with E-state index in [2.05, 4.69) is 13.8 Å². The number of amides is 1. The van der Waals surface area contributed by atoms with Gasteiger partial charge in [-0.25, -0.2) is 0 Å². The van der Waals surface area contributed by atoms with E-state index in [1.807, 2.05) is 20.8 Å². The number of hydrogen-bond acceptors (Lipinski definition) is 2. The number of ether oxygens (including phenoxy) is 1. The second-order valence-corrected chi connectivity index (χ2v) is 5.42. The van der Waals surface area contributed by atoms with E-state index in [1.165, 1.54) is 0 Å². The molecule has 3 nitrogen and oxygen atoms in total. The van der Waals surface area contributed by atoms with Gasteiger partial charge in [0.05, 0.1) is 5.57 Å². The Balaban J connectivity index is 3.23. The Kier molecular flexibility index (Phi) is 3.12. The van der Waals surface area contributed by atoms with Crippen molar-refractivity contribution in [1.82, 2.24) is 4.90 Å². The van der Waals surface area contributed by atoms with Crippen LogP contribution in [0, 0.1) is 11.3 Å². The Morgan fingerprint density at radius 1 is 1.33 bits per heavy atom. The Labute approximate surface area is 92.1 Å². The molecule has 0 N–H and O–H groups in total. The Hall–Kier alpha value is -0.990. The average Bonchev–Trinajstić information content (AvgIpc) is 2.06. The molecular weight excluding hydrogens is 190 g/mol. The lowest BCUT2D eigenvalue weighted by molar-refractivity contribution is -0.134. The standard InChI is InChI=1S/C12H21NO2/c1-8(2)10-9(12(3,4)5)11(14)13(6)7-15-10/h8H,7H2,1-6H3. The van der Waals surface area contributed by atoms with Crippen LogP contribution < -0.4 is 0 Å². The summed E-state index contributed by atoms with van der Waals surface area (Å²) in [4.78, 5) is 13.7. The van der Waals surface area contributed by atoms with Crippen molar-refractivity contribution in [2.75, 3.05) is 13.8 Å². The molecular formula is C12H21NO2. The van der Waals surface area contributed by atoms with E-state index >= 15 is 0 Å². The average molecular weight is 211 g/mol. The molecule has 0 atom stereocenters. The minimum Gasteiger partial charge on any atom is -0.477 e. The largest absolute Gasteiger partial charge is 0.477 e. The third kappa shape index (κ3) is 2.33. The SMILES string of the molecule is CC(C)C1=C(C(C)(C)C)C(=O)N(C)CO1. The number of likely N-dealkylation sites (N-methyl/N-ethyl adjacent to an activating group) is 1. The van der Waals surface area contributed by atoms with Crippen LogP contribution in [0.1, 0.15) is 34.6 Å². The van der Waals surface area contributed by atoms with Crippen molar-refractivity contribution in [2.45, 2.75) is 34.6 Å². The van der Waals surface area contributed by atoms with Crippen LogP contribution >= 0.6 is 0 Å². The highest BCUT2D eigenvalue weighted by molar-refractivity contribution is 5.95. The molecule has 1 heterocycles. The summed E-state index contributed by atoms with van der Waals surface area (Å²) in [6, 6.07) is 0. The number of carbonyl (C=O) groups is 1. The quantitative estimate of drug-likeness (QED) is 0.666. The van der Waals surface area contributed by atoms with E-state index in [1.54, 1.807) is 11.9 Å². The minimum absolute atomic E-state index is 0.0949. The number of hydrogen-bond donors (Lipinski definition) is 0. The van der Waals surface area contributed by atoms with E-state index < -0.39 is 0 Å². The number of nitrogens with zero attached hydrogens (tertiary/aromatic N) is 1. The third-order valence-corrected chi connectivity index (χ3v) is 2.50. The highest BCUT2D eigenvalue weighted by Crippen LogP contribution is 2.35. The maximum absolute atomic E-state index is 12.1. The van der Waals surface area contributed by atoms with Gasteiger partial charge in [-0.15, -0.1) is 0 Å². The van der Waals surface area contributed by atoms with E-state index in [4.69, 9.17) is 4.74 Å². The second kappa shape index (κ2) is 3.87. The predicted octanol–water partition coefficient (Wildman–Crippen LogP) is 2.39. The third-order valence-electron chi connectivity index (χ3n) is 2.50. The topological polar surface area (TPSA) is 29.5 Å². The summed E-state index contributed by atoms with van der Waals surface area (Å²) >= 11 is 0. The Morgan fingerprint density at radius 2 is 1.87 bits per heavy atom. The summed E-state index contributed by atoms with van der Waals surface area (Å²) in [7, 11) is 1.77. The van der Waals surface area contributed by atoms with Crippen LogP contribution in [0.15, 0.2) is 11.3 Å². The fraction of sp³-hybridized carbons (Fsp3) is 0.750. The van der Waals surface area contributed by atoms with Gasteiger partial charge in [0.1, 0.15) is 5.76 Å². The zero-order chi connectivity index (χ0) is 11.8. The molecule has 0 aromatic rings. The van der Waals surface area contributed by atoms with E-state index in [-0.39, 0.29) is 17.2 Å². The van der Waals surface area contributed by atoms with Gasteiger partial charge in [0.2, 0.25) is 0 Å². The van der Waals surface area contributed by atoms with Crippen LogP contribution in [0.25, 0.3) is 0 Å². The molecule has 0 bridgehead atoms. The van der Waals surface area contributed by atoms with Crippen molar-refractivity contribution in [1.29, 1.82) is 0 Å². The summed E-state index contributed by atoms with van der Waals surface area (Å²) in [5, 5.41) is 0. The zero-order valence-corrected chi connectivity index (χ0v) is 10.5. The Bertz CT molecular complexity index is 297. The van der Waals surface area contributed by atoms with Gasteiger partial charge in [-0.2, -0.15) is 0 Å². The fourth-order valence-electron chi connectivity index (χ4n) is 1.74. The van der Waals surface area contributed by atoms with Crippen molar-refractivity contribution in [2.24, 2.45) is 11.3 Å². The molecule has 0 aromatic carbocycles. The number of rotatable bonds is 1. The molecule has 86 valence electrons. The van der Waals surface area contributed by atoms with Crippen LogP contribution in [0.3, 0.4) is 0 Å². The van der Waals surface area contributed by atoms with Gasteiger partial charge in [0, 0.05) is 13.0 Å². The first-order valence-corrected chi connectivity index (χ1v) is 5.38. The molecule has 1 aliphatic heterocycles. The maximum atomic E-state index is 12.1. The van der Waals surface area contributed by atoms with E-state index in [0.29, 0.717) is 6.73 Å².